The third-order valence-electron chi connectivity index (χ3n) is 10.7. The van der Waals surface area contributed by atoms with Crippen LogP contribution in [-0.4, -0.2) is 11.2 Å². The minimum Gasteiger partial charge on any atom is -0.393 e. The third-order valence-corrected chi connectivity index (χ3v) is 10.7. The number of rotatable bonds is 5. The van der Waals surface area contributed by atoms with E-state index < -0.39 is 0 Å². The summed E-state index contributed by atoms with van der Waals surface area (Å²) in [4.78, 5) is 0. The van der Waals surface area contributed by atoms with Gasteiger partial charge in [-0.1, -0.05) is 65.3 Å². The van der Waals surface area contributed by atoms with Crippen LogP contribution in [0.4, 0.5) is 0 Å². The Balaban J connectivity index is 1.53. The lowest BCUT2D eigenvalue weighted by Gasteiger charge is -2.57. The molecule has 170 valence electrons. The fourth-order valence-corrected chi connectivity index (χ4v) is 8.68. The first-order chi connectivity index (χ1) is 14.2. The highest BCUT2D eigenvalue weighted by Gasteiger charge is 2.57. The normalized spacial score (nSPS) is 45.6. The lowest BCUT2D eigenvalue weighted by molar-refractivity contribution is -0.0414. The molecule has 4 aliphatic rings. The maximum absolute atomic E-state index is 10.3. The average molecular weight is 413 g/mol. The molecule has 4 aliphatic carbocycles. The Bertz CT molecular complexity index is 674. The van der Waals surface area contributed by atoms with Gasteiger partial charge in [0.15, 0.2) is 0 Å². The van der Waals surface area contributed by atoms with Crippen LogP contribution in [0.3, 0.4) is 0 Å². The first-order valence-corrected chi connectivity index (χ1v) is 13.3. The van der Waals surface area contributed by atoms with Crippen molar-refractivity contribution in [1.82, 2.24) is 0 Å². The molecular formula is C29H48O. The summed E-state index contributed by atoms with van der Waals surface area (Å²) in [6.45, 7) is 14.8. The molecule has 3 fully saturated rings. The van der Waals surface area contributed by atoms with Crippen molar-refractivity contribution in [2.24, 2.45) is 52.3 Å². The van der Waals surface area contributed by atoms with Gasteiger partial charge in [0, 0.05) is 0 Å². The van der Waals surface area contributed by atoms with Crippen LogP contribution >= 0.6 is 0 Å². The van der Waals surface area contributed by atoms with Crippen molar-refractivity contribution >= 4 is 0 Å². The zero-order valence-corrected chi connectivity index (χ0v) is 20.7. The Morgan fingerprint density at radius 1 is 1.00 bits per heavy atom. The molecule has 3 saturated carbocycles. The van der Waals surface area contributed by atoms with Crippen molar-refractivity contribution < 1.29 is 5.11 Å². The van der Waals surface area contributed by atoms with Crippen LogP contribution in [0, 0.1) is 52.3 Å². The second-order valence-corrected chi connectivity index (χ2v) is 12.5. The topological polar surface area (TPSA) is 20.2 Å². The average Bonchev–Trinajstić information content (AvgIpc) is 3.06. The highest BCUT2D eigenvalue weighted by Crippen LogP contribution is 2.66. The van der Waals surface area contributed by atoms with Gasteiger partial charge in [-0.3, -0.25) is 0 Å². The highest BCUT2D eigenvalue weighted by atomic mass is 16.3. The van der Waals surface area contributed by atoms with Crippen LogP contribution in [0.15, 0.2) is 23.8 Å². The molecule has 0 aromatic rings. The number of fused-ring (bicyclic) bond motifs is 5. The quantitative estimate of drug-likeness (QED) is 0.457. The summed E-state index contributed by atoms with van der Waals surface area (Å²) in [7, 11) is 0. The Morgan fingerprint density at radius 3 is 2.40 bits per heavy atom. The molecule has 0 heterocycles. The number of hydrogen-bond acceptors (Lipinski definition) is 1. The van der Waals surface area contributed by atoms with Crippen LogP contribution in [0.5, 0.6) is 0 Å². The van der Waals surface area contributed by atoms with E-state index in [2.05, 4.69) is 59.8 Å². The molecule has 0 radical (unpaired) electrons. The maximum atomic E-state index is 10.3. The van der Waals surface area contributed by atoms with E-state index in [1.54, 1.807) is 0 Å². The van der Waals surface area contributed by atoms with Crippen molar-refractivity contribution in [2.45, 2.75) is 105 Å². The molecule has 0 bridgehead atoms. The second-order valence-electron chi connectivity index (χ2n) is 12.5. The fourth-order valence-electron chi connectivity index (χ4n) is 8.68. The Kier molecular flexibility index (Phi) is 6.35. The van der Waals surface area contributed by atoms with E-state index in [0.717, 1.165) is 42.4 Å². The number of allylic oxidation sites excluding steroid dienone is 4. The predicted octanol–water partition coefficient (Wildman–Crippen LogP) is 7.80. The van der Waals surface area contributed by atoms with Crippen LogP contribution in [0.25, 0.3) is 0 Å². The van der Waals surface area contributed by atoms with Gasteiger partial charge in [0.2, 0.25) is 0 Å². The molecule has 30 heavy (non-hydrogen) atoms. The molecule has 9 atom stereocenters. The molecule has 0 spiro atoms. The largest absolute Gasteiger partial charge is 0.393 e. The van der Waals surface area contributed by atoms with Crippen LogP contribution < -0.4 is 0 Å². The van der Waals surface area contributed by atoms with Gasteiger partial charge < -0.3 is 5.11 Å². The van der Waals surface area contributed by atoms with Gasteiger partial charge in [0.25, 0.3) is 0 Å². The van der Waals surface area contributed by atoms with E-state index in [1.165, 1.54) is 44.9 Å². The minimum atomic E-state index is -0.0480. The predicted molar refractivity (Wildman–Crippen MR) is 128 cm³/mol. The first kappa shape index (κ1) is 22.6. The summed E-state index contributed by atoms with van der Waals surface area (Å²) in [5, 5.41) is 10.3. The van der Waals surface area contributed by atoms with Gasteiger partial charge >= 0.3 is 0 Å². The van der Waals surface area contributed by atoms with Gasteiger partial charge in [-0.05, 0) is 110 Å². The van der Waals surface area contributed by atoms with Crippen LogP contribution in [0.1, 0.15) is 99.3 Å². The zero-order valence-electron chi connectivity index (χ0n) is 20.7. The summed E-state index contributed by atoms with van der Waals surface area (Å²) in [6, 6.07) is 0. The SMILES string of the molecule is CC[C@H](/C=C/[C@@H](C)[C@H]1CC[C@H]2C3=CC[C@H]4C[C@@H](O)CC[C@]4(C)[C@@H]3CC[C@]12C)C(C)C. The van der Waals surface area contributed by atoms with E-state index in [-0.39, 0.29) is 6.10 Å². The smallest absolute Gasteiger partial charge is 0.0543 e. The van der Waals surface area contributed by atoms with Crippen molar-refractivity contribution in [3.63, 3.8) is 0 Å². The molecule has 1 N–H and O–H groups in total. The van der Waals surface area contributed by atoms with Gasteiger partial charge in [-0.2, -0.15) is 0 Å². The van der Waals surface area contributed by atoms with E-state index in [9.17, 15) is 5.11 Å². The molecular weight excluding hydrogens is 364 g/mol. The Labute approximate surface area is 186 Å². The standard InChI is InChI=1S/C29H48O/c1-7-21(19(2)3)9-8-20(4)25-12-13-26-24-11-10-22-18-23(30)14-16-28(22,5)27(24)15-17-29(25,26)6/h8-9,11,19-23,25-27,30H,7,10,12-18H2,1-6H3/b9-8+/t20-,21-,22+,23+,25-,26+,27-,28+,29-/m1/s1. The summed E-state index contributed by atoms with van der Waals surface area (Å²) in [5.74, 6) is 5.32. The number of hydrogen-bond donors (Lipinski definition) is 1. The van der Waals surface area contributed by atoms with E-state index in [0.29, 0.717) is 22.7 Å². The summed E-state index contributed by atoms with van der Waals surface area (Å²) < 4.78 is 0. The highest BCUT2D eigenvalue weighted by molar-refractivity contribution is 5.28. The molecule has 1 heteroatoms. The van der Waals surface area contributed by atoms with Gasteiger partial charge in [0.1, 0.15) is 0 Å². The first-order valence-electron chi connectivity index (χ1n) is 13.3. The van der Waals surface area contributed by atoms with Crippen molar-refractivity contribution in [3.8, 4) is 0 Å². The van der Waals surface area contributed by atoms with E-state index in [4.69, 9.17) is 0 Å². The van der Waals surface area contributed by atoms with Crippen LogP contribution in [-0.2, 0) is 0 Å². The molecule has 0 amide bonds. The molecule has 4 rings (SSSR count). The number of aliphatic hydroxyl groups excluding tert-OH is 1. The molecule has 0 saturated heterocycles. The van der Waals surface area contributed by atoms with Crippen molar-refractivity contribution in [2.75, 3.05) is 0 Å². The third kappa shape index (κ3) is 3.66. The molecule has 0 aromatic carbocycles. The monoisotopic (exact) mass is 412 g/mol. The molecule has 0 aromatic heterocycles. The minimum absolute atomic E-state index is 0.0480. The van der Waals surface area contributed by atoms with Crippen LogP contribution in [0.2, 0.25) is 0 Å². The number of aliphatic hydroxyl groups is 1. The lowest BCUT2D eigenvalue weighted by Crippen LogP contribution is -2.49. The van der Waals surface area contributed by atoms with Gasteiger partial charge in [0.05, 0.1) is 6.10 Å². The molecule has 0 unspecified atom stereocenters. The maximum Gasteiger partial charge on any atom is 0.0543 e. The van der Waals surface area contributed by atoms with Gasteiger partial charge in [-0.15, -0.1) is 0 Å². The molecule has 0 aliphatic heterocycles. The zero-order chi connectivity index (χ0) is 21.7. The van der Waals surface area contributed by atoms with E-state index >= 15 is 0 Å². The Morgan fingerprint density at radius 2 is 1.70 bits per heavy atom. The second kappa shape index (κ2) is 8.42. The van der Waals surface area contributed by atoms with E-state index in [1.807, 2.05) is 5.57 Å². The lowest BCUT2D eigenvalue weighted by atomic mass is 9.47. The summed E-state index contributed by atoms with van der Waals surface area (Å²) in [5.41, 5.74) is 2.79. The molecule has 1 nitrogen and oxygen atoms in total. The summed E-state index contributed by atoms with van der Waals surface area (Å²) >= 11 is 0. The van der Waals surface area contributed by atoms with Gasteiger partial charge in [-0.25, -0.2) is 0 Å². The van der Waals surface area contributed by atoms with Crippen molar-refractivity contribution in [3.05, 3.63) is 23.8 Å². The fraction of sp³-hybridized carbons (Fsp3) is 0.862. The van der Waals surface area contributed by atoms with Crippen molar-refractivity contribution in [1.29, 1.82) is 0 Å². The summed E-state index contributed by atoms with van der Waals surface area (Å²) in [6.07, 6.45) is 19.2. The Hall–Kier alpha value is -0.560.